The van der Waals surface area contributed by atoms with Crippen molar-refractivity contribution in [1.29, 1.82) is 0 Å². The van der Waals surface area contributed by atoms with Gasteiger partial charge in [-0.05, 0) is 36.1 Å². The molecule has 0 heterocycles. The van der Waals surface area contributed by atoms with Crippen molar-refractivity contribution in [3.63, 3.8) is 0 Å². The summed E-state index contributed by atoms with van der Waals surface area (Å²) >= 11 is 5.90. The molecule has 22 heavy (non-hydrogen) atoms. The summed E-state index contributed by atoms with van der Waals surface area (Å²) in [5, 5.41) is 4.84. The van der Waals surface area contributed by atoms with Crippen LogP contribution in [0.4, 0.5) is 0 Å². The molecule has 0 saturated carbocycles. The highest BCUT2D eigenvalue weighted by atomic mass is 35.5. The smallest absolute Gasteiger partial charge is 0.267 e. The number of nitrogens with one attached hydrogen (secondary N) is 1. The van der Waals surface area contributed by atoms with Gasteiger partial charge in [0.2, 0.25) is 0 Å². The molecule has 114 valence electrons. The van der Waals surface area contributed by atoms with Gasteiger partial charge < -0.3 is 0 Å². The molecule has 1 N–H and O–H groups in total. The van der Waals surface area contributed by atoms with Crippen LogP contribution in [0.1, 0.15) is 36.2 Å². The molecule has 0 aliphatic carbocycles. The molecule has 4 heteroatoms. The fourth-order valence-electron chi connectivity index (χ4n) is 2.06. The molecule has 0 aliphatic rings. The third kappa shape index (κ3) is 4.71. The molecule has 0 aliphatic heterocycles. The SMILES string of the molecule is CC(C)C/C(=N\NC(=O)c1cccc(Cl)c1)c1ccccc1. The maximum atomic E-state index is 12.1. The minimum absolute atomic E-state index is 0.264. The van der Waals surface area contributed by atoms with E-state index in [9.17, 15) is 4.79 Å². The van der Waals surface area contributed by atoms with Gasteiger partial charge in [0.15, 0.2) is 0 Å². The van der Waals surface area contributed by atoms with Gasteiger partial charge in [0.25, 0.3) is 5.91 Å². The lowest BCUT2D eigenvalue weighted by Gasteiger charge is -2.10. The van der Waals surface area contributed by atoms with Crippen molar-refractivity contribution in [3.8, 4) is 0 Å². The summed E-state index contributed by atoms with van der Waals surface area (Å²) in [5.74, 6) is 0.182. The van der Waals surface area contributed by atoms with E-state index in [1.165, 1.54) is 0 Å². The van der Waals surface area contributed by atoms with Crippen molar-refractivity contribution in [1.82, 2.24) is 5.43 Å². The number of hydrogen-bond donors (Lipinski definition) is 1. The highest BCUT2D eigenvalue weighted by molar-refractivity contribution is 6.30. The van der Waals surface area contributed by atoms with E-state index in [1.54, 1.807) is 24.3 Å². The summed E-state index contributed by atoms with van der Waals surface area (Å²) in [5.41, 5.74) is 5.00. The molecule has 2 aromatic rings. The van der Waals surface area contributed by atoms with Crippen molar-refractivity contribution in [2.24, 2.45) is 11.0 Å². The van der Waals surface area contributed by atoms with E-state index in [1.807, 2.05) is 30.3 Å². The van der Waals surface area contributed by atoms with Crippen LogP contribution in [0.5, 0.6) is 0 Å². The summed E-state index contributed by atoms with van der Waals surface area (Å²) < 4.78 is 0. The molecule has 0 saturated heterocycles. The van der Waals surface area contributed by atoms with Gasteiger partial charge in [-0.2, -0.15) is 5.10 Å². The maximum Gasteiger partial charge on any atom is 0.271 e. The Bertz CT molecular complexity index is 666. The number of nitrogens with zero attached hydrogens (tertiary/aromatic N) is 1. The van der Waals surface area contributed by atoms with E-state index in [-0.39, 0.29) is 5.91 Å². The normalized spacial score (nSPS) is 11.5. The topological polar surface area (TPSA) is 41.5 Å². The monoisotopic (exact) mass is 314 g/mol. The van der Waals surface area contributed by atoms with Gasteiger partial charge in [-0.15, -0.1) is 0 Å². The molecule has 0 aromatic heterocycles. The van der Waals surface area contributed by atoms with E-state index >= 15 is 0 Å². The van der Waals surface area contributed by atoms with Crippen LogP contribution in [0.2, 0.25) is 5.02 Å². The van der Waals surface area contributed by atoms with Crippen LogP contribution in [0, 0.1) is 5.92 Å². The second kappa shape index (κ2) is 7.76. The Labute approximate surface area is 136 Å². The zero-order valence-electron chi connectivity index (χ0n) is 12.7. The van der Waals surface area contributed by atoms with Gasteiger partial charge in [0.1, 0.15) is 0 Å². The van der Waals surface area contributed by atoms with Gasteiger partial charge in [-0.3, -0.25) is 4.79 Å². The van der Waals surface area contributed by atoms with Crippen molar-refractivity contribution >= 4 is 23.2 Å². The first kappa shape index (κ1) is 16.2. The van der Waals surface area contributed by atoms with E-state index in [2.05, 4.69) is 24.4 Å². The Hall–Kier alpha value is -2.13. The molecule has 3 nitrogen and oxygen atoms in total. The van der Waals surface area contributed by atoms with Crippen LogP contribution in [0.3, 0.4) is 0 Å². The standard InChI is InChI=1S/C18H19ClN2O/c1-13(2)11-17(14-7-4-3-5-8-14)20-21-18(22)15-9-6-10-16(19)12-15/h3-10,12-13H,11H2,1-2H3,(H,21,22)/b20-17+. The van der Waals surface area contributed by atoms with Crippen LogP contribution in [0.15, 0.2) is 59.7 Å². The Morgan fingerprint density at radius 3 is 2.41 bits per heavy atom. The molecule has 0 spiro atoms. The summed E-state index contributed by atoms with van der Waals surface area (Å²) in [6, 6.07) is 16.7. The van der Waals surface area contributed by atoms with Crippen molar-refractivity contribution in [2.75, 3.05) is 0 Å². The zero-order valence-corrected chi connectivity index (χ0v) is 13.5. The van der Waals surface area contributed by atoms with Crippen LogP contribution >= 0.6 is 11.6 Å². The quantitative estimate of drug-likeness (QED) is 0.640. The zero-order chi connectivity index (χ0) is 15.9. The summed E-state index contributed by atoms with van der Waals surface area (Å²) in [7, 11) is 0. The van der Waals surface area contributed by atoms with Gasteiger partial charge in [0, 0.05) is 10.6 Å². The number of carbonyl (C=O) groups is 1. The lowest BCUT2D eigenvalue weighted by Crippen LogP contribution is -2.20. The van der Waals surface area contributed by atoms with Crippen LogP contribution in [-0.2, 0) is 0 Å². The highest BCUT2D eigenvalue weighted by Gasteiger charge is 2.09. The van der Waals surface area contributed by atoms with Crippen LogP contribution in [-0.4, -0.2) is 11.6 Å². The number of hydrogen-bond acceptors (Lipinski definition) is 2. The number of halogens is 1. The molecule has 0 bridgehead atoms. The van der Waals surface area contributed by atoms with Gasteiger partial charge >= 0.3 is 0 Å². The predicted molar refractivity (Wildman–Crippen MR) is 91.4 cm³/mol. The van der Waals surface area contributed by atoms with Gasteiger partial charge in [-0.1, -0.05) is 61.8 Å². The third-order valence-corrected chi connectivity index (χ3v) is 3.32. The molecular formula is C18H19ClN2O. The number of amides is 1. The Kier molecular flexibility index (Phi) is 5.73. The number of carbonyl (C=O) groups excluding carboxylic acids is 1. The van der Waals surface area contributed by atoms with Crippen molar-refractivity contribution < 1.29 is 4.79 Å². The highest BCUT2D eigenvalue weighted by Crippen LogP contribution is 2.12. The van der Waals surface area contributed by atoms with E-state index in [0.29, 0.717) is 16.5 Å². The Balaban J connectivity index is 2.18. The lowest BCUT2D eigenvalue weighted by molar-refractivity contribution is 0.0954. The largest absolute Gasteiger partial charge is 0.271 e. The third-order valence-electron chi connectivity index (χ3n) is 3.09. The minimum atomic E-state index is -0.264. The van der Waals surface area contributed by atoms with E-state index < -0.39 is 0 Å². The molecule has 1 amide bonds. The average Bonchev–Trinajstić information content (AvgIpc) is 2.51. The Morgan fingerprint density at radius 2 is 1.77 bits per heavy atom. The summed E-state index contributed by atoms with van der Waals surface area (Å²) in [6.45, 7) is 4.24. The number of hydrazone groups is 1. The van der Waals surface area contributed by atoms with E-state index in [0.717, 1.165) is 17.7 Å². The molecule has 2 rings (SSSR count). The average molecular weight is 315 g/mol. The second-order valence-corrected chi connectivity index (χ2v) is 5.91. The number of benzene rings is 2. The molecular weight excluding hydrogens is 296 g/mol. The first-order chi connectivity index (χ1) is 10.6. The summed E-state index contributed by atoms with van der Waals surface area (Å²) in [4.78, 5) is 12.1. The first-order valence-electron chi connectivity index (χ1n) is 7.24. The fourth-order valence-corrected chi connectivity index (χ4v) is 2.25. The fraction of sp³-hybridized carbons (Fsp3) is 0.222. The van der Waals surface area contributed by atoms with Gasteiger partial charge in [0.05, 0.1) is 5.71 Å². The Morgan fingerprint density at radius 1 is 1.09 bits per heavy atom. The van der Waals surface area contributed by atoms with Crippen LogP contribution in [0.25, 0.3) is 0 Å². The number of rotatable bonds is 5. The molecule has 0 fully saturated rings. The van der Waals surface area contributed by atoms with Crippen molar-refractivity contribution in [3.05, 3.63) is 70.7 Å². The van der Waals surface area contributed by atoms with E-state index in [4.69, 9.17) is 11.6 Å². The van der Waals surface area contributed by atoms with Crippen molar-refractivity contribution in [2.45, 2.75) is 20.3 Å². The molecule has 0 unspecified atom stereocenters. The molecule has 0 atom stereocenters. The lowest BCUT2D eigenvalue weighted by atomic mass is 10.0. The van der Waals surface area contributed by atoms with Gasteiger partial charge in [-0.25, -0.2) is 5.43 Å². The maximum absolute atomic E-state index is 12.1. The molecule has 0 radical (unpaired) electrons. The predicted octanol–water partition coefficient (Wildman–Crippen LogP) is 4.52. The second-order valence-electron chi connectivity index (χ2n) is 5.47. The molecule has 2 aromatic carbocycles. The summed E-state index contributed by atoms with van der Waals surface area (Å²) in [6.07, 6.45) is 0.792. The first-order valence-corrected chi connectivity index (χ1v) is 7.62. The minimum Gasteiger partial charge on any atom is -0.267 e. The van der Waals surface area contributed by atoms with Crippen LogP contribution < -0.4 is 5.43 Å².